The minimum Gasteiger partial charge on any atom is -0.508 e. The lowest BCUT2D eigenvalue weighted by atomic mass is 10.1. The third kappa shape index (κ3) is 1.78. The Kier molecular flexibility index (Phi) is 2.55. The molecule has 98 valence electrons. The van der Waals surface area contributed by atoms with E-state index >= 15 is 0 Å². The molecule has 1 atom stereocenters. The number of hydrogen-bond donors (Lipinski definition) is 2. The number of carboxylic acids is 1. The monoisotopic (exact) mass is 258 g/mol. The first-order chi connectivity index (χ1) is 9.08. The summed E-state index contributed by atoms with van der Waals surface area (Å²) in [5, 5.41) is 18.5. The molecule has 0 radical (unpaired) electrons. The summed E-state index contributed by atoms with van der Waals surface area (Å²) in [6.07, 6.45) is 1.37. The fraction of sp³-hybridized carbons (Fsp3) is 0.286. The minimum atomic E-state index is -0.811. The van der Waals surface area contributed by atoms with Crippen LogP contribution < -0.4 is 0 Å². The molecule has 1 aliphatic carbocycles. The summed E-state index contributed by atoms with van der Waals surface area (Å²) in [5.41, 5.74) is 2.55. The quantitative estimate of drug-likeness (QED) is 0.862. The lowest BCUT2D eigenvalue weighted by Crippen LogP contribution is -2.08. The van der Waals surface area contributed by atoms with Crippen LogP contribution in [0.15, 0.2) is 24.3 Å². The molecule has 0 amide bonds. The molecule has 3 rings (SSSR count). The summed E-state index contributed by atoms with van der Waals surface area (Å²) < 4.78 is 1.95. The molecule has 1 unspecified atom stereocenters. The Hall–Kier alpha value is -2.30. The number of benzene rings is 1. The highest BCUT2D eigenvalue weighted by atomic mass is 16.4. The second-order valence-corrected chi connectivity index (χ2v) is 4.80. The van der Waals surface area contributed by atoms with E-state index in [1.165, 1.54) is 0 Å². The number of phenols is 1. The Morgan fingerprint density at radius 1 is 1.37 bits per heavy atom. The number of phenolic OH excluding ortho intramolecular Hbond substituents is 1. The number of aromatic hydroxyl groups is 1. The van der Waals surface area contributed by atoms with Gasteiger partial charge in [-0.15, -0.1) is 0 Å². The molecule has 5 heteroatoms. The maximum Gasteiger partial charge on any atom is 0.312 e. The zero-order valence-corrected chi connectivity index (χ0v) is 10.5. The van der Waals surface area contributed by atoms with Crippen LogP contribution in [0.4, 0.5) is 0 Å². The molecule has 0 aliphatic heterocycles. The van der Waals surface area contributed by atoms with Gasteiger partial charge in [-0.2, -0.15) is 0 Å². The largest absolute Gasteiger partial charge is 0.508 e. The van der Waals surface area contributed by atoms with Crippen molar-refractivity contribution in [3.63, 3.8) is 0 Å². The van der Waals surface area contributed by atoms with Gasteiger partial charge >= 0.3 is 5.97 Å². The topological polar surface area (TPSA) is 75.3 Å². The number of rotatable bonds is 2. The minimum absolute atomic E-state index is 0.203. The Balaban J connectivity index is 2.08. The molecule has 1 aromatic carbocycles. The van der Waals surface area contributed by atoms with E-state index in [0.29, 0.717) is 12.1 Å². The van der Waals surface area contributed by atoms with Crippen molar-refractivity contribution in [1.82, 2.24) is 9.55 Å². The van der Waals surface area contributed by atoms with Crippen molar-refractivity contribution < 1.29 is 15.0 Å². The molecule has 0 bridgehead atoms. The van der Waals surface area contributed by atoms with E-state index in [2.05, 4.69) is 4.98 Å². The van der Waals surface area contributed by atoms with Gasteiger partial charge in [-0.3, -0.25) is 4.79 Å². The van der Waals surface area contributed by atoms with Crippen molar-refractivity contribution in [2.75, 3.05) is 0 Å². The van der Waals surface area contributed by atoms with Crippen molar-refractivity contribution in [3.05, 3.63) is 35.7 Å². The van der Waals surface area contributed by atoms with Crippen LogP contribution in [0.1, 0.15) is 23.7 Å². The van der Waals surface area contributed by atoms with Crippen LogP contribution in [0.3, 0.4) is 0 Å². The average Bonchev–Trinajstić information content (AvgIpc) is 2.91. The van der Waals surface area contributed by atoms with E-state index in [9.17, 15) is 15.0 Å². The third-order valence-corrected chi connectivity index (χ3v) is 3.67. The standard InChI is InChI=1S/C14H14N2O3/c1-16-11-7-6-10(14(18)19)12(11)15-13(16)8-2-4-9(17)5-3-8/h2-5,10,17H,6-7H2,1H3,(H,18,19). The van der Waals surface area contributed by atoms with Crippen LogP contribution >= 0.6 is 0 Å². The Labute approximate surface area is 110 Å². The van der Waals surface area contributed by atoms with Gasteiger partial charge in [-0.05, 0) is 37.1 Å². The molecule has 19 heavy (non-hydrogen) atoms. The number of carbonyl (C=O) groups is 1. The highest BCUT2D eigenvalue weighted by Gasteiger charge is 2.33. The second kappa shape index (κ2) is 4.12. The molecule has 2 aromatic rings. The van der Waals surface area contributed by atoms with Crippen LogP contribution in [-0.2, 0) is 18.3 Å². The Morgan fingerprint density at radius 2 is 2.05 bits per heavy atom. The van der Waals surface area contributed by atoms with Gasteiger partial charge in [-0.25, -0.2) is 4.98 Å². The van der Waals surface area contributed by atoms with E-state index in [1.54, 1.807) is 24.3 Å². The van der Waals surface area contributed by atoms with E-state index in [1.807, 2.05) is 11.6 Å². The molecule has 1 aromatic heterocycles. The van der Waals surface area contributed by atoms with Gasteiger partial charge in [0.15, 0.2) is 0 Å². The number of nitrogens with zero attached hydrogens (tertiary/aromatic N) is 2. The fourth-order valence-corrected chi connectivity index (χ4v) is 2.66. The highest BCUT2D eigenvalue weighted by molar-refractivity contribution is 5.77. The van der Waals surface area contributed by atoms with Gasteiger partial charge in [0.05, 0.1) is 5.69 Å². The van der Waals surface area contributed by atoms with Crippen LogP contribution in [0, 0.1) is 0 Å². The molecule has 0 spiro atoms. The van der Waals surface area contributed by atoms with Gasteiger partial charge in [0.2, 0.25) is 0 Å². The van der Waals surface area contributed by atoms with E-state index in [-0.39, 0.29) is 5.75 Å². The normalized spacial score (nSPS) is 17.4. The highest BCUT2D eigenvalue weighted by Crippen LogP contribution is 2.35. The summed E-state index contributed by atoms with van der Waals surface area (Å²) >= 11 is 0. The summed E-state index contributed by atoms with van der Waals surface area (Å²) in [6, 6.07) is 6.76. The lowest BCUT2D eigenvalue weighted by Gasteiger charge is -2.05. The molecular weight excluding hydrogens is 244 g/mol. The number of aliphatic carboxylic acids is 1. The Morgan fingerprint density at radius 3 is 2.68 bits per heavy atom. The molecular formula is C14H14N2O3. The third-order valence-electron chi connectivity index (χ3n) is 3.67. The Bertz CT molecular complexity index is 643. The zero-order valence-electron chi connectivity index (χ0n) is 10.5. The summed E-state index contributed by atoms with van der Waals surface area (Å²) in [4.78, 5) is 15.7. The molecule has 5 nitrogen and oxygen atoms in total. The van der Waals surface area contributed by atoms with Crippen molar-refractivity contribution >= 4 is 5.97 Å². The predicted molar refractivity (Wildman–Crippen MR) is 69.0 cm³/mol. The van der Waals surface area contributed by atoms with Crippen LogP contribution in [0.25, 0.3) is 11.4 Å². The molecule has 0 saturated heterocycles. The molecule has 0 fully saturated rings. The SMILES string of the molecule is Cn1c(-c2ccc(O)cc2)nc2c1CCC2C(=O)O. The van der Waals surface area contributed by atoms with Gasteiger partial charge < -0.3 is 14.8 Å². The van der Waals surface area contributed by atoms with Crippen molar-refractivity contribution in [2.24, 2.45) is 7.05 Å². The maximum absolute atomic E-state index is 11.2. The maximum atomic E-state index is 11.2. The van der Waals surface area contributed by atoms with Gasteiger partial charge in [0.25, 0.3) is 0 Å². The summed E-state index contributed by atoms with van der Waals surface area (Å²) in [6.45, 7) is 0. The van der Waals surface area contributed by atoms with Gasteiger partial charge in [0.1, 0.15) is 17.5 Å². The molecule has 1 heterocycles. The second-order valence-electron chi connectivity index (χ2n) is 4.80. The number of fused-ring (bicyclic) bond motifs is 1. The first kappa shape index (κ1) is 11.8. The van der Waals surface area contributed by atoms with Crippen LogP contribution in [0.2, 0.25) is 0 Å². The zero-order chi connectivity index (χ0) is 13.6. The van der Waals surface area contributed by atoms with Crippen molar-refractivity contribution in [2.45, 2.75) is 18.8 Å². The smallest absolute Gasteiger partial charge is 0.312 e. The van der Waals surface area contributed by atoms with Crippen molar-refractivity contribution in [3.8, 4) is 17.1 Å². The fourth-order valence-electron chi connectivity index (χ4n) is 2.66. The molecule has 2 N–H and O–H groups in total. The lowest BCUT2D eigenvalue weighted by molar-refractivity contribution is -0.138. The summed E-state index contributed by atoms with van der Waals surface area (Å²) in [5.74, 6) is -0.356. The first-order valence-corrected chi connectivity index (χ1v) is 6.15. The summed E-state index contributed by atoms with van der Waals surface area (Å²) in [7, 11) is 1.90. The van der Waals surface area contributed by atoms with Crippen LogP contribution in [0.5, 0.6) is 5.75 Å². The van der Waals surface area contributed by atoms with E-state index in [4.69, 9.17) is 0 Å². The molecule has 0 saturated carbocycles. The predicted octanol–water partition coefficient (Wildman–Crippen LogP) is 1.91. The number of carboxylic acid groups (broad SMARTS) is 1. The van der Waals surface area contributed by atoms with Crippen LogP contribution in [-0.4, -0.2) is 25.7 Å². The van der Waals surface area contributed by atoms with E-state index in [0.717, 1.165) is 23.5 Å². The number of imidazole rings is 1. The van der Waals surface area contributed by atoms with Gasteiger partial charge in [-0.1, -0.05) is 0 Å². The van der Waals surface area contributed by atoms with Crippen molar-refractivity contribution in [1.29, 1.82) is 0 Å². The van der Waals surface area contributed by atoms with E-state index < -0.39 is 11.9 Å². The van der Waals surface area contributed by atoms with Gasteiger partial charge in [0, 0.05) is 18.3 Å². The number of hydrogen-bond acceptors (Lipinski definition) is 3. The number of aromatic nitrogens is 2. The molecule has 1 aliphatic rings. The first-order valence-electron chi connectivity index (χ1n) is 6.15. The average molecular weight is 258 g/mol.